The molecule has 2 aromatic rings. The van der Waals surface area contributed by atoms with E-state index in [1.165, 1.54) is 11.4 Å². The lowest BCUT2D eigenvalue weighted by molar-refractivity contribution is -0.134. The second kappa shape index (κ2) is 12.5. The highest BCUT2D eigenvalue weighted by molar-refractivity contribution is 7.88. The van der Waals surface area contributed by atoms with Gasteiger partial charge >= 0.3 is 6.03 Å². The molecule has 0 unspecified atom stereocenters. The number of anilines is 2. The molecule has 0 saturated heterocycles. The molecular weight excluding hydrogens is 512 g/mol. The van der Waals surface area contributed by atoms with Crippen molar-refractivity contribution in [2.24, 2.45) is 5.92 Å². The first-order chi connectivity index (χ1) is 17.9. The highest BCUT2D eigenvalue weighted by atomic mass is 32.2. The summed E-state index contributed by atoms with van der Waals surface area (Å²) in [4.78, 5) is 27.5. The van der Waals surface area contributed by atoms with E-state index in [9.17, 15) is 23.1 Å². The van der Waals surface area contributed by atoms with E-state index < -0.39 is 28.2 Å². The van der Waals surface area contributed by atoms with Crippen LogP contribution in [-0.4, -0.2) is 86.9 Å². The highest BCUT2D eigenvalue weighted by Crippen LogP contribution is 2.29. The van der Waals surface area contributed by atoms with Crippen LogP contribution in [0, 0.1) is 5.92 Å². The standard InChI is InChI=1S/C26H36N4O7S/c1-17-14-30(18(2)16-31)25(32)13-19-12-21(28-26(33)27-20-6-9-22(36-4)10-7-20)8-11-23(19)37-24(17)15-29(3)38(5,34)35/h6-12,17-18,24,31H,13-16H2,1-5H3,(H2,27,28,33)/t17-,18-,24-/m0/s1. The van der Waals surface area contributed by atoms with Gasteiger partial charge in [0.25, 0.3) is 0 Å². The number of methoxy groups -OCH3 is 1. The maximum Gasteiger partial charge on any atom is 0.323 e. The lowest BCUT2D eigenvalue weighted by atomic mass is 10.0. The fourth-order valence-corrected chi connectivity index (χ4v) is 4.50. The third-order valence-electron chi connectivity index (χ3n) is 6.53. The van der Waals surface area contributed by atoms with Crippen molar-refractivity contribution in [3.05, 3.63) is 48.0 Å². The number of carbonyl (C=O) groups excluding carboxylic acids is 2. The minimum atomic E-state index is -3.46. The number of aliphatic hydroxyl groups is 1. The molecule has 1 aliphatic rings. The first-order valence-electron chi connectivity index (χ1n) is 12.2. The number of rotatable bonds is 8. The van der Waals surface area contributed by atoms with Crippen molar-refractivity contribution in [3.63, 3.8) is 0 Å². The number of ether oxygens (including phenoxy) is 2. The number of nitrogens with one attached hydrogen (secondary N) is 2. The molecule has 3 rings (SSSR count). The van der Waals surface area contributed by atoms with Gasteiger partial charge in [0.05, 0.1) is 39.0 Å². The van der Waals surface area contributed by atoms with Gasteiger partial charge in [0.1, 0.15) is 17.6 Å². The Labute approximate surface area is 223 Å². The molecule has 38 heavy (non-hydrogen) atoms. The zero-order valence-electron chi connectivity index (χ0n) is 22.3. The van der Waals surface area contributed by atoms with Gasteiger partial charge in [-0.3, -0.25) is 4.79 Å². The summed E-state index contributed by atoms with van der Waals surface area (Å²) in [5, 5.41) is 15.3. The number of fused-ring (bicyclic) bond motifs is 1. The third kappa shape index (κ3) is 7.59. The Morgan fingerprint density at radius 1 is 1.21 bits per heavy atom. The van der Waals surface area contributed by atoms with Gasteiger partial charge in [-0.1, -0.05) is 6.92 Å². The Bertz CT molecular complexity index is 1240. The fraction of sp³-hybridized carbons (Fsp3) is 0.462. The molecule has 0 radical (unpaired) electrons. The maximum absolute atomic E-state index is 13.3. The molecule has 11 nitrogen and oxygen atoms in total. The van der Waals surface area contributed by atoms with Gasteiger partial charge < -0.3 is 30.1 Å². The van der Waals surface area contributed by atoms with E-state index in [0.717, 1.165) is 6.26 Å². The number of carbonyl (C=O) groups is 2. The molecule has 3 N–H and O–H groups in total. The van der Waals surface area contributed by atoms with E-state index in [-0.39, 0.29) is 37.9 Å². The minimum absolute atomic E-state index is 0.0172. The van der Waals surface area contributed by atoms with Crippen LogP contribution in [0.15, 0.2) is 42.5 Å². The number of benzene rings is 2. The molecule has 3 amide bonds. The number of nitrogens with zero attached hydrogens (tertiary/aromatic N) is 2. The molecule has 3 atom stereocenters. The van der Waals surface area contributed by atoms with Crippen molar-refractivity contribution in [1.82, 2.24) is 9.21 Å². The summed E-state index contributed by atoms with van der Waals surface area (Å²) in [5.74, 6) is 0.645. The molecule has 2 aromatic carbocycles. The zero-order valence-corrected chi connectivity index (χ0v) is 23.1. The number of amides is 3. The van der Waals surface area contributed by atoms with E-state index in [2.05, 4.69) is 10.6 Å². The number of likely N-dealkylation sites (N-methyl/N-ethyl adjacent to an activating group) is 1. The number of aliphatic hydroxyl groups excluding tert-OH is 1. The van der Waals surface area contributed by atoms with Crippen molar-refractivity contribution in [2.75, 3.05) is 50.7 Å². The zero-order chi connectivity index (χ0) is 28.0. The molecule has 0 bridgehead atoms. The summed E-state index contributed by atoms with van der Waals surface area (Å²) >= 11 is 0. The van der Waals surface area contributed by atoms with Crippen molar-refractivity contribution < 1.29 is 32.6 Å². The van der Waals surface area contributed by atoms with Crippen LogP contribution in [0.1, 0.15) is 19.4 Å². The van der Waals surface area contributed by atoms with Crippen LogP contribution < -0.4 is 20.1 Å². The quantitative estimate of drug-likeness (QED) is 0.461. The highest BCUT2D eigenvalue weighted by Gasteiger charge is 2.32. The van der Waals surface area contributed by atoms with Gasteiger partial charge in [-0.2, -0.15) is 0 Å². The number of hydrogen-bond donors (Lipinski definition) is 3. The average molecular weight is 549 g/mol. The molecule has 208 valence electrons. The topological polar surface area (TPSA) is 138 Å². The van der Waals surface area contributed by atoms with Gasteiger partial charge in [-0.05, 0) is 49.4 Å². The summed E-state index contributed by atoms with van der Waals surface area (Å²) < 4.78 is 36.8. The Kier molecular flexibility index (Phi) is 9.58. The van der Waals surface area contributed by atoms with E-state index >= 15 is 0 Å². The van der Waals surface area contributed by atoms with Crippen LogP contribution in [0.4, 0.5) is 16.2 Å². The maximum atomic E-state index is 13.3. The van der Waals surface area contributed by atoms with Gasteiger partial charge in [0, 0.05) is 36.4 Å². The molecular formula is C26H36N4O7S. The Balaban J connectivity index is 1.87. The fourth-order valence-electron chi connectivity index (χ4n) is 4.08. The van der Waals surface area contributed by atoms with Crippen LogP contribution in [0.3, 0.4) is 0 Å². The van der Waals surface area contributed by atoms with Crippen molar-refractivity contribution in [2.45, 2.75) is 32.4 Å². The van der Waals surface area contributed by atoms with Gasteiger partial charge in [0.2, 0.25) is 15.9 Å². The third-order valence-corrected chi connectivity index (χ3v) is 7.81. The van der Waals surface area contributed by atoms with Crippen LogP contribution >= 0.6 is 0 Å². The predicted molar refractivity (Wildman–Crippen MR) is 145 cm³/mol. The molecule has 0 aromatic heterocycles. The van der Waals surface area contributed by atoms with Crippen LogP contribution in [0.2, 0.25) is 0 Å². The van der Waals surface area contributed by atoms with E-state index in [4.69, 9.17) is 9.47 Å². The summed E-state index contributed by atoms with van der Waals surface area (Å²) in [7, 11) is -0.420. The first kappa shape index (κ1) is 29.2. The SMILES string of the molecule is COc1ccc(NC(=O)Nc2ccc3c(c2)CC(=O)N([C@@H](C)CO)C[C@H](C)[C@H](CN(C)S(C)(=O)=O)O3)cc1. The van der Waals surface area contributed by atoms with Crippen LogP contribution in [0.25, 0.3) is 0 Å². The minimum Gasteiger partial charge on any atom is -0.497 e. The molecule has 12 heteroatoms. The average Bonchev–Trinajstić information content (AvgIpc) is 2.91. The molecule has 1 aliphatic heterocycles. The first-order valence-corrected chi connectivity index (χ1v) is 14.1. The van der Waals surface area contributed by atoms with Gasteiger partial charge in [0.15, 0.2) is 0 Å². The normalized spacial score (nSPS) is 18.9. The molecule has 0 aliphatic carbocycles. The second-order valence-corrected chi connectivity index (χ2v) is 11.7. The Hall–Kier alpha value is -3.35. The molecule has 0 saturated carbocycles. The second-order valence-electron chi connectivity index (χ2n) is 9.56. The van der Waals surface area contributed by atoms with Crippen molar-refractivity contribution in [3.8, 4) is 11.5 Å². The monoisotopic (exact) mass is 548 g/mol. The number of urea groups is 1. The number of sulfonamides is 1. The Morgan fingerprint density at radius 3 is 2.45 bits per heavy atom. The lowest BCUT2D eigenvalue weighted by Crippen LogP contribution is -2.48. The van der Waals surface area contributed by atoms with E-state index in [1.54, 1.807) is 61.4 Å². The van der Waals surface area contributed by atoms with Gasteiger partial charge in [-0.25, -0.2) is 17.5 Å². The Morgan fingerprint density at radius 2 is 1.84 bits per heavy atom. The van der Waals surface area contributed by atoms with Crippen LogP contribution in [0.5, 0.6) is 11.5 Å². The van der Waals surface area contributed by atoms with Gasteiger partial charge in [-0.15, -0.1) is 0 Å². The van der Waals surface area contributed by atoms with Crippen molar-refractivity contribution in [1.29, 1.82) is 0 Å². The summed E-state index contributed by atoms with van der Waals surface area (Å²) in [6, 6.07) is 11.0. The van der Waals surface area contributed by atoms with E-state index in [0.29, 0.717) is 28.4 Å². The molecule has 1 heterocycles. The van der Waals surface area contributed by atoms with E-state index in [1.807, 2.05) is 6.92 Å². The largest absolute Gasteiger partial charge is 0.497 e. The molecule has 0 fully saturated rings. The van der Waals surface area contributed by atoms with Crippen LogP contribution in [-0.2, 0) is 21.2 Å². The number of hydrogen-bond acceptors (Lipinski definition) is 7. The summed E-state index contributed by atoms with van der Waals surface area (Å²) in [6.07, 6.45) is 0.542. The summed E-state index contributed by atoms with van der Waals surface area (Å²) in [6.45, 7) is 3.79. The van der Waals surface area contributed by atoms with Crippen molar-refractivity contribution >= 4 is 33.3 Å². The molecule has 0 spiro atoms. The summed E-state index contributed by atoms with van der Waals surface area (Å²) in [5.41, 5.74) is 1.56. The smallest absolute Gasteiger partial charge is 0.323 e. The lowest BCUT2D eigenvalue weighted by Gasteiger charge is -2.33. The predicted octanol–water partition coefficient (Wildman–Crippen LogP) is 2.38.